The van der Waals surface area contributed by atoms with Crippen LogP contribution < -0.4 is 0 Å². The number of pyridine rings is 1. The SMILES string of the molecule is CC(C)(C(=O)O)C1C(c2ccc(C(F)(F)F)n3ncnc23)=Cc2ccccc21. The van der Waals surface area contributed by atoms with Crippen LogP contribution in [0.5, 0.6) is 0 Å². The van der Waals surface area contributed by atoms with E-state index in [1.54, 1.807) is 13.8 Å². The number of aliphatic carboxylic acids is 1. The molecule has 28 heavy (non-hydrogen) atoms. The molecule has 1 N–H and O–H groups in total. The molecular formula is C20H16F3N3O2. The molecule has 3 aromatic rings. The van der Waals surface area contributed by atoms with Gasteiger partial charge in [0.05, 0.1) is 5.41 Å². The second kappa shape index (κ2) is 5.92. The Morgan fingerprint density at radius 1 is 1.14 bits per heavy atom. The van der Waals surface area contributed by atoms with E-state index < -0.39 is 29.2 Å². The van der Waals surface area contributed by atoms with E-state index >= 15 is 0 Å². The van der Waals surface area contributed by atoms with Crippen LogP contribution in [0.15, 0.2) is 42.7 Å². The van der Waals surface area contributed by atoms with Crippen LogP contribution in [0.2, 0.25) is 0 Å². The first-order valence-corrected chi connectivity index (χ1v) is 8.56. The van der Waals surface area contributed by atoms with Gasteiger partial charge in [0.2, 0.25) is 0 Å². The number of hydrogen-bond acceptors (Lipinski definition) is 3. The van der Waals surface area contributed by atoms with Crippen molar-refractivity contribution in [3.63, 3.8) is 0 Å². The predicted octanol–water partition coefficient (Wildman–Crippen LogP) is 4.50. The van der Waals surface area contributed by atoms with Crippen molar-refractivity contribution in [1.29, 1.82) is 0 Å². The summed E-state index contributed by atoms with van der Waals surface area (Å²) in [6.07, 6.45) is -1.70. The maximum atomic E-state index is 13.3. The van der Waals surface area contributed by atoms with Gasteiger partial charge < -0.3 is 5.11 Å². The Morgan fingerprint density at radius 3 is 2.54 bits per heavy atom. The van der Waals surface area contributed by atoms with Gasteiger partial charge in [-0.15, -0.1) is 0 Å². The summed E-state index contributed by atoms with van der Waals surface area (Å²) >= 11 is 0. The molecule has 0 radical (unpaired) electrons. The van der Waals surface area contributed by atoms with Gasteiger partial charge in [0.15, 0.2) is 5.65 Å². The molecule has 8 heteroatoms. The minimum Gasteiger partial charge on any atom is -0.481 e. The molecule has 0 amide bonds. The number of halogens is 3. The van der Waals surface area contributed by atoms with E-state index in [2.05, 4.69) is 10.1 Å². The summed E-state index contributed by atoms with van der Waals surface area (Å²) in [5, 5.41) is 13.5. The fraction of sp³-hybridized carbons (Fsp3) is 0.250. The maximum absolute atomic E-state index is 13.3. The van der Waals surface area contributed by atoms with Crippen molar-refractivity contribution in [1.82, 2.24) is 14.6 Å². The van der Waals surface area contributed by atoms with Gasteiger partial charge >= 0.3 is 12.1 Å². The van der Waals surface area contributed by atoms with E-state index in [1.165, 1.54) is 6.07 Å². The molecule has 0 saturated heterocycles. The third kappa shape index (κ3) is 2.59. The van der Waals surface area contributed by atoms with Crippen molar-refractivity contribution in [2.45, 2.75) is 25.9 Å². The highest BCUT2D eigenvalue weighted by molar-refractivity contribution is 5.98. The molecule has 144 valence electrons. The van der Waals surface area contributed by atoms with Crippen LogP contribution in [-0.4, -0.2) is 25.7 Å². The largest absolute Gasteiger partial charge is 0.481 e. The first-order valence-electron chi connectivity index (χ1n) is 8.56. The molecular weight excluding hydrogens is 371 g/mol. The number of nitrogens with zero attached hydrogens (tertiary/aromatic N) is 3. The van der Waals surface area contributed by atoms with Gasteiger partial charge in [-0.25, -0.2) is 9.50 Å². The van der Waals surface area contributed by atoms with E-state index in [0.29, 0.717) is 11.1 Å². The Balaban J connectivity index is 1.97. The fourth-order valence-electron chi connectivity index (χ4n) is 3.81. The molecule has 1 aliphatic carbocycles. The number of carboxylic acids is 1. The molecule has 4 rings (SSSR count). The Morgan fingerprint density at radius 2 is 1.86 bits per heavy atom. The summed E-state index contributed by atoms with van der Waals surface area (Å²) in [4.78, 5) is 16.0. The van der Waals surface area contributed by atoms with E-state index in [4.69, 9.17) is 0 Å². The van der Waals surface area contributed by atoms with Crippen molar-refractivity contribution in [2.24, 2.45) is 5.41 Å². The Hall–Kier alpha value is -3.16. The van der Waals surface area contributed by atoms with Crippen molar-refractivity contribution < 1.29 is 23.1 Å². The van der Waals surface area contributed by atoms with Gasteiger partial charge in [0, 0.05) is 11.5 Å². The zero-order chi connectivity index (χ0) is 20.3. The maximum Gasteiger partial charge on any atom is 0.433 e. The molecule has 1 atom stereocenters. The summed E-state index contributed by atoms with van der Waals surface area (Å²) < 4.78 is 40.7. The van der Waals surface area contributed by atoms with Gasteiger partial charge in [-0.1, -0.05) is 30.3 Å². The molecule has 0 spiro atoms. The lowest BCUT2D eigenvalue weighted by atomic mass is 9.71. The topological polar surface area (TPSA) is 67.5 Å². The van der Waals surface area contributed by atoms with Crippen LogP contribution in [-0.2, 0) is 11.0 Å². The monoisotopic (exact) mass is 387 g/mol. The van der Waals surface area contributed by atoms with Gasteiger partial charge in [-0.2, -0.15) is 18.3 Å². The number of benzene rings is 1. The second-order valence-electron chi connectivity index (χ2n) is 7.31. The third-order valence-corrected chi connectivity index (χ3v) is 5.23. The molecule has 1 unspecified atom stereocenters. The zero-order valence-corrected chi connectivity index (χ0v) is 15.0. The smallest absolute Gasteiger partial charge is 0.433 e. The van der Waals surface area contributed by atoms with Gasteiger partial charge in [-0.3, -0.25) is 4.79 Å². The summed E-state index contributed by atoms with van der Waals surface area (Å²) in [6, 6.07) is 9.65. The van der Waals surface area contributed by atoms with E-state index in [9.17, 15) is 23.1 Å². The molecule has 1 aliphatic rings. The highest BCUT2D eigenvalue weighted by Crippen LogP contribution is 2.52. The molecule has 1 aromatic carbocycles. The van der Waals surface area contributed by atoms with Crippen LogP contribution in [0, 0.1) is 5.41 Å². The standard InChI is InChI=1S/C20H16F3N3O2/c1-19(2,18(27)28)16-12-6-4-3-5-11(12)9-14(16)13-7-8-15(20(21,22)23)26-17(13)24-10-25-26/h3-10,16H,1-2H3,(H,27,28). The number of carboxylic acid groups (broad SMARTS) is 1. The van der Waals surface area contributed by atoms with Crippen LogP contribution in [0.4, 0.5) is 13.2 Å². The number of carbonyl (C=O) groups is 1. The van der Waals surface area contributed by atoms with E-state index in [0.717, 1.165) is 28.0 Å². The molecule has 2 aromatic heterocycles. The highest BCUT2D eigenvalue weighted by Gasteiger charge is 2.44. The number of rotatable bonds is 3. The van der Waals surface area contributed by atoms with Crippen molar-refractivity contribution >= 4 is 23.3 Å². The summed E-state index contributed by atoms with van der Waals surface area (Å²) in [5.41, 5.74) is 0.630. The summed E-state index contributed by atoms with van der Waals surface area (Å²) in [6.45, 7) is 3.22. The Labute approximate surface area is 158 Å². The number of allylic oxidation sites excluding steroid dienone is 1. The number of hydrogen-bond donors (Lipinski definition) is 1. The summed E-state index contributed by atoms with van der Waals surface area (Å²) in [7, 11) is 0. The van der Waals surface area contributed by atoms with Crippen LogP contribution in [0.1, 0.15) is 42.1 Å². The van der Waals surface area contributed by atoms with Crippen molar-refractivity contribution in [3.05, 3.63) is 65.1 Å². The molecule has 0 fully saturated rings. The number of aromatic nitrogens is 3. The molecule has 0 saturated carbocycles. The lowest BCUT2D eigenvalue weighted by Crippen LogP contribution is -2.31. The Bertz CT molecular complexity index is 1130. The lowest BCUT2D eigenvalue weighted by molar-refractivity contribution is -0.147. The van der Waals surface area contributed by atoms with Crippen LogP contribution in [0.3, 0.4) is 0 Å². The zero-order valence-electron chi connectivity index (χ0n) is 15.0. The fourth-order valence-corrected chi connectivity index (χ4v) is 3.81. The highest BCUT2D eigenvalue weighted by atomic mass is 19.4. The minimum absolute atomic E-state index is 0.0417. The minimum atomic E-state index is -4.59. The van der Waals surface area contributed by atoms with Crippen molar-refractivity contribution in [3.8, 4) is 0 Å². The quantitative estimate of drug-likeness (QED) is 0.719. The van der Waals surface area contributed by atoms with Crippen LogP contribution in [0.25, 0.3) is 17.3 Å². The first kappa shape index (κ1) is 18.2. The average Bonchev–Trinajstić information content (AvgIpc) is 3.24. The van der Waals surface area contributed by atoms with Crippen molar-refractivity contribution in [2.75, 3.05) is 0 Å². The normalized spacial score (nSPS) is 16.9. The van der Waals surface area contributed by atoms with Gasteiger partial charge in [0.25, 0.3) is 0 Å². The predicted molar refractivity (Wildman–Crippen MR) is 96.5 cm³/mol. The Kier molecular flexibility index (Phi) is 3.85. The first-order chi connectivity index (χ1) is 13.1. The van der Waals surface area contributed by atoms with Gasteiger partial charge in [-0.05, 0) is 42.7 Å². The summed E-state index contributed by atoms with van der Waals surface area (Å²) in [5.74, 6) is -1.54. The van der Waals surface area contributed by atoms with E-state index in [-0.39, 0.29) is 5.65 Å². The van der Waals surface area contributed by atoms with E-state index in [1.807, 2.05) is 30.3 Å². The lowest BCUT2D eigenvalue weighted by Gasteiger charge is -2.31. The molecule has 0 bridgehead atoms. The van der Waals surface area contributed by atoms with Crippen LogP contribution >= 0.6 is 0 Å². The van der Waals surface area contributed by atoms with Gasteiger partial charge in [0.1, 0.15) is 12.0 Å². The third-order valence-electron chi connectivity index (χ3n) is 5.23. The molecule has 0 aliphatic heterocycles. The second-order valence-corrected chi connectivity index (χ2v) is 7.31. The average molecular weight is 387 g/mol. The number of alkyl halides is 3. The number of fused-ring (bicyclic) bond motifs is 2. The molecule has 5 nitrogen and oxygen atoms in total. The molecule has 2 heterocycles.